The summed E-state index contributed by atoms with van der Waals surface area (Å²) in [5.41, 5.74) is 0.905. The van der Waals surface area contributed by atoms with E-state index in [-0.39, 0.29) is 4.64 Å². The van der Waals surface area contributed by atoms with E-state index in [0.717, 1.165) is 0 Å². The molecule has 0 unspecified atom stereocenters. The van der Waals surface area contributed by atoms with Gasteiger partial charge in [-0.2, -0.15) is 0 Å². The lowest BCUT2D eigenvalue weighted by Crippen LogP contribution is -2.10. The molecule has 0 aliphatic heterocycles. The van der Waals surface area contributed by atoms with Gasteiger partial charge in [-0.3, -0.25) is 0 Å². The van der Waals surface area contributed by atoms with Crippen molar-refractivity contribution in [3.8, 4) is 11.6 Å². The number of esters is 1. The second-order valence-electron chi connectivity index (χ2n) is 3.59. The van der Waals surface area contributed by atoms with Crippen molar-refractivity contribution in [2.24, 2.45) is 0 Å². The Hall–Kier alpha value is -1.95. The standard InChI is InChI=1S/C12H12N2O3S/c1-3-16-12(15)9-7(2)13-10(14-11(9)18)8-5-4-6-17-8/h4-6H,3H2,1-2H3,(H,13,14,18). The summed E-state index contributed by atoms with van der Waals surface area (Å²) in [4.78, 5) is 18.8. The maximum Gasteiger partial charge on any atom is 0.343 e. The number of aromatic amines is 1. The van der Waals surface area contributed by atoms with Crippen molar-refractivity contribution < 1.29 is 13.9 Å². The molecular weight excluding hydrogens is 252 g/mol. The van der Waals surface area contributed by atoms with Crippen LogP contribution in [0.3, 0.4) is 0 Å². The molecule has 18 heavy (non-hydrogen) atoms. The summed E-state index contributed by atoms with van der Waals surface area (Å²) >= 11 is 5.12. The Balaban J connectivity index is 2.48. The van der Waals surface area contributed by atoms with Crippen LogP contribution in [-0.4, -0.2) is 22.5 Å². The van der Waals surface area contributed by atoms with Crippen molar-refractivity contribution in [3.05, 3.63) is 34.3 Å². The van der Waals surface area contributed by atoms with Gasteiger partial charge in [-0.05, 0) is 26.0 Å². The maximum absolute atomic E-state index is 11.7. The number of hydrogen-bond acceptors (Lipinski definition) is 5. The Morgan fingerprint density at radius 1 is 1.61 bits per heavy atom. The number of rotatable bonds is 3. The topological polar surface area (TPSA) is 68.1 Å². The van der Waals surface area contributed by atoms with Crippen molar-refractivity contribution in [1.82, 2.24) is 9.97 Å². The van der Waals surface area contributed by atoms with Crippen LogP contribution in [0, 0.1) is 11.6 Å². The van der Waals surface area contributed by atoms with Gasteiger partial charge in [-0.1, -0.05) is 12.2 Å². The smallest absolute Gasteiger partial charge is 0.343 e. The van der Waals surface area contributed by atoms with E-state index in [1.165, 1.54) is 0 Å². The van der Waals surface area contributed by atoms with Crippen LogP contribution in [0.15, 0.2) is 22.8 Å². The second-order valence-corrected chi connectivity index (χ2v) is 3.98. The third-order valence-electron chi connectivity index (χ3n) is 2.34. The third-order valence-corrected chi connectivity index (χ3v) is 2.64. The largest absolute Gasteiger partial charge is 0.462 e. The number of furan rings is 1. The van der Waals surface area contributed by atoms with Crippen molar-refractivity contribution in [2.75, 3.05) is 6.61 Å². The van der Waals surface area contributed by atoms with Crippen LogP contribution in [0.5, 0.6) is 0 Å². The highest BCUT2D eigenvalue weighted by Crippen LogP contribution is 2.18. The number of carbonyl (C=O) groups excluding carboxylic acids is 1. The summed E-state index contributed by atoms with van der Waals surface area (Å²) in [6.45, 7) is 3.79. The molecule has 0 aromatic carbocycles. The molecule has 2 rings (SSSR count). The highest BCUT2D eigenvalue weighted by molar-refractivity contribution is 7.71. The SMILES string of the molecule is CCOC(=O)c1c(C)[nH]c(-c2ccco2)nc1=S. The lowest BCUT2D eigenvalue weighted by atomic mass is 10.2. The van der Waals surface area contributed by atoms with Gasteiger partial charge in [-0.25, -0.2) is 9.78 Å². The highest BCUT2D eigenvalue weighted by Gasteiger charge is 2.16. The zero-order valence-electron chi connectivity index (χ0n) is 10.0. The van der Waals surface area contributed by atoms with Crippen LogP contribution < -0.4 is 0 Å². The molecule has 94 valence electrons. The van der Waals surface area contributed by atoms with Gasteiger partial charge in [0.2, 0.25) is 0 Å². The maximum atomic E-state index is 11.7. The molecule has 0 saturated carbocycles. The zero-order chi connectivity index (χ0) is 13.1. The number of aryl methyl sites for hydroxylation is 1. The van der Waals surface area contributed by atoms with Gasteiger partial charge in [-0.15, -0.1) is 0 Å². The predicted molar refractivity (Wildman–Crippen MR) is 67.8 cm³/mol. The van der Waals surface area contributed by atoms with Gasteiger partial charge >= 0.3 is 5.97 Å². The van der Waals surface area contributed by atoms with E-state index < -0.39 is 5.97 Å². The Morgan fingerprint density at radius 3 is 2.94 bits per heavy atom. The second kappa shape index (κ2) is 5.14. The minimum absolute atomic E-state index is 0.205. The van der Waals surface area contributed by atoms with Crippen LogP contribution in [0.25, 0.3) is 11.6 Å². The number of nitrogens with zero attached hydrogens (tertiary/aromatic N) is 1. The average Bonchev–Trinajstić information content (AvgIpc) is 2.81. The normalized spacial score (nSPS) is 10.3. The van der Waals surface area contributed by atoms with E-state index >= 15 is 0 Å². The summed E-state index contributed by atoms with van der Waals surface area (Å²) in [6, 6.07) is 3.51. The molecule has 0 atom stereocenters. The third kappa shape index (κ3) is 2.33. The summed E-state index contributed by atoms with van der Waals surface area (Å²) < 4.78 is 10.4. The molecule has 0 aliphatic carbocycles. The molecule has 0 spiro atoms. The van der Waals surface area contributed by atoms with Crippen LogP contribution in [0.2, 0.25) is 0 Å². The van der Waals surface area contributed by atoms with Crippen LogP contribution in [0.4, 0.5) is 0 Å². The van der Waals surface area contributed by atoms with Gasteiger partial charge < -0.3 is 14.1 Å². The Morgan fingerprint density at radius 2 is 2.39 bits per heavy atom. The van der Waals surface area contributed by atoms with Gasteiger partial charge in [0, 0.05) is 5.69 Å². The fourth-order valence-corrected chi connectivity index (χ4v) is 1.89. The van der Waals surface area contributed by atoms with Crippen molar-refractivity contribution >= 4 is 18.2 Å². The molecule has 0 bridgehead atoms. The first-order valence-electron chi connectivity index (χ1n) is 5.45. The molecule has 0 fully saturated rings. The number of ether oxygens (including phenoxy) is 1. The lowest BCUT2D eigenvalue weighted by molar-refractivity contribution is 0.0523. The molecule has 2 aromatic heterocycles. The first kappa shape index (κ1) is 12.5. The fraction of sp³-hybridized carbons (Fsp3) is 0.250. The minimum atomic E-state index is -0.463. The fourth-order valence-electron chi connectivity index (χ4n) is 1.56. The first-order chi connectivity index (χ1) is 8.63. The van der Waals surface area contributed by atoms with E-state index in [9.17, 15) is 4.79 Å². The van der Waals surface area contributed by atoms with Crippen molar-refractivity contribution in [1.29, 1.82) is 0 Å². The van der Waals surface area contributed by atoms with Crippen molar-refractivity contribution in [2.45, 2.75) is 13.8 Å². The Kier molecular flexibility index (Phi) is 3.57. The molecule has 2 aromatic rings. The molecular formula is C12H12N2O3S. The van der Waals surface area contributed by atoms with Crippen molar-refractivity contribution in [3.63, 3.8) is 0 Å². The summed E-state index contributed by atoms with van der Waals surface area (Å²) in [5.74, 6) is 0.602. The molecule has 2 heterocycles. The van der Waals surface area contributed by atoms with E-state index in [2.05, 4.69) is 9.97 Å². The van der Waals surface area contributed by atoms with Gasteiger partial charge in [0.15, 0.2) is 11.6 Å². The number of nitrogens with one attached hydrogen (secondary N) is 1. The summed E-state index contributed by atoms with van der Waals surface area (Å²) in [5, 5.41) is 0. The van der Waals surface area contributed by atoms with Crippen LogP contribution >= 0.6 is 12.2 Å². The lowest BCUT2D eigenvalue weighted by Gasteiger charge is -2.07. The Bertz CT molecular complexity index is 617. The number of aromatic nitrogens is 2. The molecule has 0 amide bonds. The van der Waals surface area contributed by atoms with Gasteiger partial charge in [0.1, 0.15) is 10.2 Å². The number of hydrogen-bond donors (Lipinski definition) is 1. The van der Waals surface area contributed by atoms with E-state index in [4.69, 9.17) is 21.4 Å². The quantitative estimate of drug-likeness (QED) is 0.682. The van der Waals surface area contributed by atoms with Gasteiger partial charge in [0.05, 0.1) is 12.9 Å². The first-order valence-corrected chi connectivity index (χ1v) is 5.86. The van der Waals surface area contributed by atoms with Crippen LogP contribution in [0.1, 0.15) is 23.0 Å². The summed E-state index contributed by atoms with van der Waals surface area (Å²) in [7, 11) is 0. The Labute approximate surface area is 109 Å². The van der Waals surface area contributed by atoms with E-state index in [1.807, 2.05) is 0 Å². The monoisotopic (exact) mass is 264 g/mol. The highest BCUT2D eigenvalue weighted by atomic mass is 32.1. The minimum Gasteiger partial charge on any atom is -0.462 e. The zero-order valence-corrected chi connectivity index (χ0v) is 10.8. The molecule has 0 radical (unpaired) electrons. The summed E-state index contributed by atoms with van der Waals surface area (Å²) in [6.07, 6.45) is 1.54. The molecule has 1 N–H and O–H groups in total. The van der Waals surface area contributed by atoms with E-state index in [1.54, 1.807) is 32.2 Å². The number of H-pyrrole nitrogens is 1. The van der Waals surface area contributed by atoms with Gasteiger partial charge in [0.25, 0.3) is 0 Å². The molecule has 0 saturated heterocycles. The predicted octanol–water partition coefficient (Wildman–Crippen LogP) is 2.88. The number of carbonyl (C=O) groups is 1. The molecule has 5 nitrogen and oxygen atoms in total. The van der Waals surface area contributed by atoms with Crippen LogP contribution in [-0.2, 0) is 4.74 Å². The average molecular weight is 264 g/mol. The molecule has 6 heteroatoms. The molecule has 0 aliphatic rings. The van der Waals surface area contributed by atoms with E-state index in [0.29, 0.717) is 29.4 Å².